The number of benzene rings is 1. The highest BCUT2D eigenvalue weighted by Crippen LogP contribution is 2.31. The minimum absolute atomic E-state index is 0.0130. The van der Waals surface area contributed by atoms with Gasteiger partial charge < -0.3 is 4.90 Å². The molecule has 3 rings (SSSR count). The van der Waals surface area contributed by atoms with Crippen molar-refractivity contribution < 1.29 is 13.6 Å². The third kappa shape index (κ3) is 4.48. The van der Waals surface area contributed by atoms with E-state index < -0.39 is 11.6 Å². The first kappa shape index (κ1) is 21.0. The summed E-state index contributed by atoms with van der Waals surface area (Å²) < 4.78 is 29.1. The predicted molar refractivity (Wildman–Crippen MR) is 108 cm³/mol. The van der Waals surface area contributed by atoms with E-state index in [0.29, 0.717) is 22.5 Å². The van der Waals surface area contributed by atoms with E-state index in [1.54, 1.807) is 13.8 Å². The number of halogens is 2. The first-order valence-corrected chi connectivity index (χ1v) is 9.72. The van der Waals surface area contributed by atoms with Gasteiger partial charge in [0.05, 0.1) is 11.0 Å². The molecule has 0 bridgehead atoms. The van der Waals surface area contributed by atoms with Crippen LogP contribution in [0.3, 0.4) is 0 Å². The van der Waals surface area contributed by atoms with Gasteiger partial charge in [0.25, 0.3) is 5.56 Å². The molecule has 0 spiro atoms. The normalized spacial score (nSPS) is 11.4. The highest BCUT2D eigenvalue weighted by molar-refractivity contribution is 7.22. The smallest absolute Gasteiger partial charge is 0.256 e. The largest absolute Gasteiger partial charge is 0.308 e. The molecule has 3 aromatic rings. The van der Waals surface area contributed by atoms with Gasteiger partial charge in [0.2, 0.25) is 5.91 Å². The van der Waals surface area contributed by atoms with Crippen molar-refractivity contribution in [3.05, 3.63) is 51.7 Å². The molecule has 0 radical (unpaired) electrons. The summed E-state index contributed by atoms with van der Waals surface area (Å²) >= 11 is 1.03. The number of thiazole rings is 1. The van der Waals surface area contributed by atoms with Crippen molar-refractivity contribution in [2.75, 3.05) is 32.1 Å². The summed E-state index contributed by atoms with van der Waals surface area (Å²) in [7, 11) is 3.71. The van der Waals surface area contributed by atoms with Gasteiger partial charge in [-0.05, 0) is 34.0 Å². The number of anilines is 1. The molecule has 2 aromatic heterocycles. The summed E-state index contributed by atoms with van der Waals surface area (Å²) in [5.41, 5.74) is 0.791. The van der Waals surface area contributed by atoms with E-state index in [9.17, 15) is 18.4 Å². The Balaban J connectivity index is 1.97. The van der Waals surface area contributed by atoms with Crippen LogP contribution in [0.1, 0.15) is 11.3 Å². The third-order valence-corrected chi connectivity index (χ3v) is 5.55. The molecule has 0 N–H and O–H groups in total. The second-order valence-corrected chi connectivity index (χ2v) is 7.98. The molecule has 0 aliphatic carbocycles. The van der Waals surface area contributed by atoms with Crippen molar-refractivity contribution in [2.24, 2.45) is 0 Å². The molecule has 0 saturated heterocycles. The molecule has 154 valence electrons. The fourth-order valence-electron chi connectivity index (χ4n) is 2.71. The van der Waals surface area contributed by atoms with Crippen molar-refractivity contribution in [3.63, 3.8) is 0 Å². The molecule has 0 aliphatic heterocycles. The van der Waals surface area contributed by atoms with Gasteiger partial charge in [-0.25, -0.2) is 18.7 Å². The number of carbonyl (C=O) groups is 1. The van der Waals surface area contributed by atoms with Crippen LogP contribution in [0, 0.1) is 25.5 Å². The highest BCUT2D eigenvalue weighted by atomic mass is 32.1. The average molecular weight is 421 g/mol. The Labute approximate surface area is 170 Å². The van der Waals surface area contributed by atoms with Crippen LogP contribution in [-0.4, -0.2) is 52.5 Å². The molecule has 1 aromatic carbocycles. The monoisotopic (exact) mass is 421 g/mol. The van der Waals surface area contributed by atoms with Gasteiger partial charge in [0.15, 0.2) is 10.9 Å². The highest BCUT2D eigenvalue weighted by Gasteiger charge is 2.22. The number of hydrogen-bond donors (Lipinski definition) is 0. The van der Waals surface area contributed by atoms with Crippen LogP contribution in [0.2, 0.25) is 0 Å². The number of carbonyl (C=O) groups excluding carboxylic acids is 1. The van der Waals surface area contributed by atoms with Crippen molar-refractivity contribution in [1.82, 2.24) is 19.4 Å². The van der Waals surface area contributed by atoms with E-state index in [1.807, 2.05) is 19.0 Å². The van der Waals surface area contributed by atoms with E-state index in [1.165, 1.54) is 21.9 Å². The number of aryl methyl sites for hydroxylation is 1. The van der Waals surface area contributed by atoms with Gasteiger partial charge in [-0.2, -0.15) is 0 Å². The van der Waals surface area contributed by atoms with Crippen LogP contribution < -0.4 is 10.5 Å². The minimum atomic E-state index is -0.780. The van der Waals surface area contributed by atoms with Gasteiger partial charge in [-0.1, -0.05) is 11.3 Å². The Morgan fingerprint density at radius 3 is 2.62 bits per heavy atom. The number of rotatable bonds is 6. The Hall–Kier alpha value is -2.72. The van der Waals surface area contributed by atoms with E-state index in [2.05, 4.69) is 9.97 Å². The van der Waals surface area contributed by atoms with Crippen LogP contribution in [-0.2, 0) is 11.3 Å². The molecule has 2 heterocycles. The van der Waals surface area contributed by atoms with Gasteiger partial charge >= 0.3 is 0 Å². The van der Waals surface area contributed by atoms with E-state index >= 15 is 0 Å². The second-order valence-electron chi connectivity index (χ2n) is 6.97. The number of nitrogens with zero attached hydrogens (tertiary/aromatic N) is 5. The van der Waals surface area contributed by atoms with Gasteiger partial charge in [0.1, 0.15) is 17.9 Å². The van der Waals surface area contributed by atoms with Crippen LogP contribution in [0.4, 0.5) is 13.9 Å². The zero-order chi connectivity index (χ0) is 21.3. The molecule has 0 unspecified atom stereocenters. The fraction of sp³-hybridized carbons (Fsp3) is 0.368. The summed E-state index contributed by atoms with van der Waals surface area (Å²) in [5, 5.41) is 0.251. The maximum Gasteiger partial charge on any atom is 0.256 e. The summed E-state index contributed by atoms with van der Waals surface area (Å²) in [5.74, 6) is -1.87. The Morgan fingerprint density at radius 1 is 1.21 bits per heavy atom. The van der Waals surface area contributed by atoms with Crippen LogP contribution in [0.15, 0.2) is 23.3 Å². The lowest BCUT2D eigenvalue weighted by atomic mass is 10.3. The molecular formula is C19H21F2N5O2S. The van der Waals surface area contributed by atoms with Gasteiger partial charge in [-0.3, -0.25) is 19.1 Å². The number of hydrogen-bond acceptors (Lipinski definition) is 6. The zero-order valence-electron chi connectivity index (χ0n) is 16.6. The quantitative estimate of drug-likeness (QED) is 0.611. The van der Waals surface area contributed by atoms with Crippen molar-refractivity contribution in [3.8, 4) is 0 Å². The second kappa shape index (κ2) is 8.34. The summed E-state index contributed by atoms with van der Waals surface area (Å²) in [6.45, 7) is 3.95. The van der Waals surface area contributed by atoms with Crippen molar-refractivity contribution in [2.45, 2.75) is 20.4 Å². The Bertz CT molecular complexity index is 1130. The molecule has 7 nitrogen and oxygen atoms in total. The van der Waals surface area contributed by atoms with Crippen LogP contribution >= 0.6 is 11.3 Å². The summed E-state index contributed by atoms with van der Waals surface area (Å²) in [6, 6.07) is 1.95. The number of amides is 1. The topological polar surface area (TPSA) is 71.3 Å². The Morgan fingerprint density at radius 2 is 1.93 bits per heavy atom. The summed E-state index contributed by atoms with van der Waals surface area (Å²) in [6.07, 6.45) is 1.33. The van der Waals surface area contributed by atoms with E-state index in [0.717, 1.165) is 17.4 Å². The first-order chi connectivity index (χ1) is 13.7. The standard InChI is InChI=1S/C19H21F2N5O2S/c1-11-12(2)22-10-25(18(11)28)9-16(27)26(6-5-24(3)4)19-23-17-14(21)7-13(20)8-15(17)29-19/h7-8,10H,5-6,9H2,1-4H3. The first-order valence-electron chi connectivity index (χ1n) is 8.90. The van der Waals surface area contributed by atoms with Crippen LogP contribution in [0.5, 0.6) is 0 Å². The lowest BCUT2D eigenvalue weighted by molar-refractivity contribution is -0.119. The van der Waals surface area contributed by atoms with E-state index in [-0.39, 0.29) is 35.2 Å². The SMILES string of the molecule is Cc1ncn(CC(=O)N(CCN(C)C)c2nc3c(F)cc(F)cc3s2)c(=O)c1C. The third-order valence-electron chi connectivity index (χ3n) is 4.53. The average Bonchev–Trinajstić information content (AvgIpc) is 3.06. The molecule has 0 aliphatic rings. The molecule has 1 amide bonds. The van der Waals surface area contributed by atoms with Crippen molar-refractivity contribution >= 4 is 32.6 Å². The lowest BCUT2D eigenvalue weighted by Gasteiger charge is -2.22. The van der Waals surface area contributed by atoms with Gasteiger partial charge in [0, 0.05) is 30.4 Å². The van der Waals surface area contributed by atoms with E-state index in [4.69, 9.17) is 0 Å². The summed E-state index contributed by atoms with van der Waals surface area (Å²) in [4.78, 5) is 37.1. The van der Waals surface area contributed by atoms with Gasteiger partial charge in [-0.15, -0.1) is 0 Å². The van der Waals surface area contributed by atoms with Crippen LogP contribution in [0.25, 0.3) is 10.2 Å². The number of fused-ring (bicyclic) bond motifs is 1. The number of aromatic nitrogens is 3. The predicted octanol–water partition coefficient (Wildman–Crippen LogP) is 2.34. The molecule has 0 atom stereocenters. The molecular weight excluding hydrogens is 400 g/mol. The lowest BCUT2D eigenvalue weighted by Crippen LogP contribution is -2.40. The molecule has 0 fully saturated rings. The number of likely N-dealkylation sites (N-methyl/N-ethyl adjacent to an activating group) is 1. The Kier molecular flexibility index (Phi) is 6.04. The minimum Gasteiger partial charge on any atom is -0.308 e. The maximum atomic E-state index is 14.1. The molecule has 0 saturated carbocycles. The maximum absolute atomic E-state index is 14.1. The molecule has 10 heteroatoms. The molecule has 29 heavy (non-hydrogen) atoms. The van der Waals surface area contributed by atoms with Crippen molar-refractivity contribution in [1.29, 1.82) is 0 Å². The fourth-order valence-corrected chi connectivity index (χ4v) is 3.76. The zero-order valence-corrected chi connectivity index (χ0v) is 17.4.